The van der Waals surface area contributed by atoms with E-state index in [-0.39, 0.29) is 24.6 Å². The summed E-state index contributed by atoms with van der Waals surface area (Å²) in [4.78, 5) is 20.9. The van der Waals surface area contributed by atoms with Gasteiger partial charge >= 0.3 is 6.03 Å². The van der Waals surface area contributed by atoms with E-state index in [0.717, 1.165) is 22.2 Å². The first kappa shape index (κ1) is 20.5. The minimum absolute atomic E-state index is 0.0455. The van der Waals surface area contributed by atoms with Gasteiger partial charge in [0.1, 0.15) is 16.6 Å². The second kappa shape index (κ2) is 7.47. The Labute approximate surface area is 177 Å². The lowest BCUT2D eigenvalue weighted by molar-refractivity contribution is 0.0534. The van der Waals surface area contributed by atoms with Crippen LogP contribution in [0.1, 0.15) is 31.0 Å². The molecule has 5 nitrogen and oxygen atoms in total. The summed E-state index contributed by atoms with van der Waals surface area (Å²) in [6.07, 6.45) is 2.14. The number of aromatic nitrogens is 2. The molecule has 8 heteroatoms. The lowest BCUT2D eigenvalue weighted by Crippen LogP contribution is -2.52. The van der Waals surface area contributed by atoms with E-state index < -0.39 is 17.5 Å². The van der Waals surface area contributed by atoms with E-state index in [0.29, 0.717) is 16.2 Å². The van der Waals surface area contributed by atoms with Gasteiger partial charge in [-0.25, -0.2) is 18.6 Å². The second-order valence-corrected chi connectivity index (χ2v) is 8.47. The van der Waals surface area contributed by atoms with Crippen molar-refractivity contribution in [3.05, 3.63) is 52.7 Å². The molecular weight excluding hydrogens is 410 g/mol. The number of hydrogen-bond acceptors (Lipinski definition) is 3. The maximum absolute atomic E-state index is 14.5. The number of halogens is 3. The number of carbonyl (C=O) groups excluding carboxylic acids is 1. The number of nitrogens with one attached hydrogen (secondary N) is 2. The molecule has 4 rings (SSSR count). The molecule has 0 saturated heterocycles. The van der Waals surface area contributed by atoms with Crippen LogP contribution in [0.15, 0.2) is 30.5 Å². The fourth-order valence-electron chi connectivity index (χ4n) is 3.88. The Balaban J connectivity index is 1.63. The summed E-state index contributed by atoms with van der Waals surface area (Å²) in [5.74, 6) is -0.546. The number of aryl methyl sites for hydroxylation is 2. The van der Waals surface area contributed by atoms with Gasteiger partial charge in [-0.2, -0.15) is 0 Å². The number of pyridine rings is 2. The molecule has 0 spiro atoms. The number of carbonyl (C=O) groups is 1. The highest BCUT2D eigenvalue weighted by Crippen LogP contribution is 2.36. The van der Waals surface area contributed by atoms with Crippen molar-refractivity contribution in [1.29, 1.82) is 0 Å². The van der Waals surface area contributed by atoms with E-state index in [1.54, 1.807) is 25.3 Å². The first-order valence-corrected chi connectivity index (χ1v) is 9.99. The normalized spacial score (nSPS) is 20.7. The van der Waals surface area contributed by atoms with Crippen molar-refractivity contribution in [2.45, 2.75) is 45.3 Å². The lowest BCUT2D eigenvalue weighted by Gasteiger charge is -2.38. The van der Waals surface area contributed by atoms with E-state index >= 15 is 0 Å². The minimum Gasteiger partial charge on any atom is -0.335 e. The molecule has 0 aliphatic heterocycles. The molecule has 1 aliphatic carbocycles. The lowest BCUT2D eigenvalue weighted by atomic mass is 9.79. The predicted octanol–water partition coefficient (Wildman–Crippen LogP) is 5.72. The molecule has 30 heavy (non-hydrogen) atoms. The molecule has 0 radical (unpaired) electrons. The quantitative estimate of drug-likeness (QED) is 0.522. The Morgan fingerprint density at radius 1 is 1.20 bits per heavy atom. The van der Waals surface area contributed by atoms with E-state index in [1.807, 2.05) is 13.0 Å². The number of alkyl halides is 1. The fourth-order valence-corrected chi connectivity index (χ4v) is 4.04. The van der Waals surface area contributed by atoms with Gasteiger partial charge in [-0.05, 0) is 50.1 Å². The van der Waals surface area contributed by atoms with E-state index in [1.165, 1.54) is 13.0 Å². The number of urea groups is 1. The molecule has 2 N–H and O–H groups in total. The van der Waals surface area contributed by atoms with Crippen LogP contribution >= 0.6 is 11.6 Å². The molecule has 1 saturated carbocycles. The summed E-state index contributed by atoms with van der Waals surface area (Å²) in [7, 11) is 0. The van der Waals surface area contributed by atoms with Gasteiger partial charge in [0, 0.05) is 47.8 Å². The molecule has 1 fully saturated rings. The Kier molecular flexibility index (Phi) is 5.10. The van der Waals surface area contributed by atoms with Gasteiger partial charge in [0.15, 0.2) is 0 Å². The largest absolute Gasteiger partial charge is 0.335 e. The topological polar surface area (TPSA) is 66.9 Å². The number of nitrogens with zero attached hydrogens (tertiary/aromatic N) is 2. The Bertz CT molecular complexity index is 1160. The third kappa shape index (κ3) is 4.07. The first-order chi connectivity index (χ1) is 14.1. The summed E-state index contributed by atoms with van der Waals surface area (Å²) in [6, 6.07) is 5.75. The zero-order valence-corrected chi connectivity index (χ0v) is 17.6. The van der Waals surface area contributed by atoms with Crippen molar-refractivity contribution in [3.8, 4) is 11.1 Å². The zero-order valence-electron chi connectivity index (χ0n) is 16.8. The molecule has 1 aromatic carbocycles. The Morgan fingerprint density at radius 2 is 1.93 bits per heavy atom. The highest BCUT2D eigenvalue weighted by atomic mass is 35.5. The van der Waals surface area contributed by atoms with E-state index in [2.05, 4.69) is 20.6 Å². The van der Waals surface area contributed by atoms with Crippen LogP contribution in [0.3, 0.4) is 0 Å². The average molecular weight is 431 g/mol. The standard InChI is InChI=1S/C22H21ClF2N4O/c1-11-4-17(24)19(29-21(30)28-14-8-22(3,25)9-14)6-15(11)16-5-13-10-26-20(23)7-18(13)27-12(16)2/h4-7,10,14H,8-9H2,1-3H3,(H2,28,29,30). The zero-order chi connectivity index (χ0) is 21.6. The molecule has 2 amide bonds. The summed E-state index contributed by atoms with van der Waals surface area (Å²) in [5.41, 5.74) is 2.51. The summed E-state index contributed by atoms with van der Waals surface area (Å²) in [5, 5.41) is 6.37. The van der Waals surface area contributed by atoms with Crippen LogP contribution in [0, 0.1) is 19.7 Å². The van der Waals surface area contributed by atoms with Crippen LogP contribution < -0.4 is 10.6 Å². The van der Waals surface area contributed by atoms with Gasteiger partial charge in [-0.3, -0.25) is 4.98 Å². The van der Waals surface area contributed by atoms with Crippen molar-refractivity contribution >= 4 is 34.2 Å². The molecular formula is C22H21ClF2N4O. The van der Waals surface area contributed by atoms with Crippen LogP contribution in [-0.2, 0) is 0 Å². The van der Waals surface area contributed by atoms with Crippen LogP contribution in [0.4, 0.5) is 19.3 Å². The summed E-state index contributed by atoms with van der Waals surface area (Å²) >= 11 is 5.95. The number of benzene rings is 1. The van der Waals surface area contributed by atoms with Crippen LogP contribution in [-0.4, -0.2) is 27.7 Å². The van der Waals surface area contributed by atoms with Gasteiger partial charge in [0.05, 0.1) is 11.2 Å². The molecule has 0 unspecified atom stereocenters. The van der Waals surface area contributed by atoms with Crippen molar-refractivity contribution in [1.82, 2.24) is 15.3 Å². The minimum atomic E-state index is -1.25. The molecule has 0 atom stereocenters. The monoisotopic (exact) mass is 430 g/mol. The Hall–Kier alpha value is -2.80. The molecule has 0 bridgehead atoms. The van der Waals surface area contributed by atoms with Crippen LogP contribution in [0.2, 0.25) is 5.15 Å². The number of rotatable bonds is 3. The molecule has 156 valence electrons. The van der Waals surface area contributed by atoms with E-state index in [9.17, 15) is 13.6 Å². The van der Waals surface area contributed by atoms with Crippen molar-refractivity contribution in [2.24, 2.45) is 0 Å². The maximum Gasteiger partial charge on any atom is 0.319 e. The van der Waals surface area contributed by atoms with Crippen molar-refractivity contribution in [3.63, 3.8) is 0 Å². The van der Waals surface area contributed by atoms with Gasteiger partial charge in [-0.1, -0.05) is 11.6 Å². The van der Waals surface area contributed by atoms with Gasteiger partial charge in [-0.15, -0.1) is 0 Å². The van der Waals surface area contributed by atoms with E-state index in [4.69, 9.17) is 11.6 Å². The third-order valence-corrected chi connectivity index (χ3v) is 5.59. The fraction of sp³-hybridized carbons (Fsp3) is 0.318. The van der Waals surface area contributed by atoms with Crippen molar-refractivity contribution in [2.75, 3.05) is 5.32 Å². The SMILES string of the molecule is Cc1cc(F)c(NC(=O)NC2CC(C)(F)C2)cc1-c1cc2cnc(Cl)cc2nc1C. The summed E-state index contributed by atoms with van der Waals surface area (Å²) < 4.78 is 28.1. The van der Waals surface area contributed by atoms with Gasteiger partial charge in [0.25, 0.3) is 0 Å². The van der Waals surface area contributed by atoms with Crippen LogP contribution in [0.5, 0.6) is 0 Å². The summed E-state index contributed by atoms with van der Waals surface area (Å²) in [6.45, 7) is 5.15. The average Bonchev–Trinajstić information content (AvgIpc) is 2.62. The Morgan fingerprint density at radius 3 is 2.63 bits per heavy atom. The number of anilines is 1. The van der Waals surface area contributed by atoms with Gasteiger partial charge in [0.2, 0.25) is 0 Å². The third-order valence-electron chi connectivity index (χ3n) is 5.39. The molecule has 2 aromatic heterocycles. The van der Waals surface area contributed by atoms with Crippen molar-refractivity contribution < 1.29 is 13.6 Å². The number of hydrogen-bond donors (Lipinski definition) is 2. The highest BCUT2D eigenvalue weighted by Gasteiger charge is 2.41. The van der Waals surface area contributed by atoms with Gasteiger partial charge < -0.3 is 10.6 Å². The first-order valence-electron chi connectivity index (χ1n) is 9.61. The predicted molar refractivity (Wildman–Crippen MR) is 114 cm³/mol. The molecule has 3 aromatic rings. The number of fused-ring (bicyclic) bond motifs is 1. The van der Waals surface area contributed by atoms with Crippen LogP contribution in [0.25, 0.3) is 22.0 Å². The maximum atomic E-state index is 14.5. The molecule has 1 aliphatic rings. The highest BCUT2D eigenvalue weighted by molar-refractivity contribution is 6.30. The smallest absolute Gasteiger partial charge is 0.319 e. The second-order valence-electron chi connectivity index (χ2n) is 8.09. The molecule has 2 heterocycles. The number of amides is 2.